The molecule has 0 amide bonds. The molecule has 3 atom stereocenters. The van der Waals surface area contributed by atoms with Crippen LogP contribution in [0.4, 0.5) is 10.1 Å². The fourth-order valence-corrected chi connectivity index (χ4v) is 5.59. The molecule has 5 heterocycles. The van der Waals surface area contributed by atoms with Gasteiger partial charge in [0.05, 0.1) is 36.5 Å². The zero-order valence-corrected chi connectivity index (χ0v) is 18.1. The number of piperazine rings is 1. The molecule has 0 unspecified atom stereocenters. The van der Waals surface area contributed by atoms with Crippen LogP contribution in [0.1, 0.15) is 19.0 Å². The molecule has 7 nitrogen and oxygen atoms in total. The van der Waals surface area contributed by atoms with Crippen LogP contribution in [0, 0.1) is 11.3 Å². The SMILES string of the molecule is C[C@@H]1CN(c2ccc(C#N)n3nccc23)CC2=C3CC=C(N4C[C@@H](N)[C@@H](F)C4)C=C3CN21. The number of hydrogen-bond donors (Lipinski definition) is 1. The van der Waals surface area contributed by atoms with Gasteiger partial charge in [0.1, 0.15) is 17.9 Å². The highest BCUT2D eigenvalue weighted by Crippen LogP contribution is 2.40. The van der Waals surface area contributed by atoms with E-state index >= 15 is 0 Å². The van der Waals surface area contributed by atoms with Crippen molar-refractivity contribution in [1.29, 1.82) is 5.26 Å². The van der Waals surface area contributed by atoms with Crippen molar-refractivity contribution in [1.82, 2.24) is 19.4 Å². The summed E-state index contributed by atoms with van der Waals surface area (Å²) in [5.74, 6) is 0. The Labute approximate surface area is 186 Å². The van der Waals surface area contributed by atoms with Crippen molar-refractivity contribution >= 4 is 11.2 Å². The third kappa shape index (κ3) is 2.84. The van der Waals surface area contributed by atoms with Gasteiger partial charge in [-0.05, 0) is 48.8 Å². The topological polar surface area (TPSA) is 76.8 Å². The van der Waals surface area contributed by atoms with Gasteiger partial charge in [0.25, 0.3) is 0 Å². The maximum Gasteiger partial charge on any atom is 0.142 e. The number of nitriles is 1. The average molecular weight is 432 g/mol. The third-order valence-corrected chi connectivity index (χ3v) is 7.26. The maximum atomic E-state index is 14.0. The quantitative estimate of drug-likeness (QED) is 0.786. The summed E-state index contributed by atoms with van der Waals surface area (Å²) in [6.45, 7) is 5.87. The predicted molar refractivity (Wildman–Crippen MR) is 121 cm³/mol. The Morgan fingerprint density at radius 3 is 2.81 bits per heavy atom. The van der Waals surface area contributed by atoms with Crippen molar-refractivity contribution in [3.8, 4) is 6.07 Å². The highest BCUT2D eigenvalue weighted by molar-refractivity contribution is 5.74. The van der Waals surface area contributed by atoms with Crippen molar-refractivity contribution in [2.24, 2.45) is 5.73 Å². The smallest absolute Gasteiger partial charge is 0.142 e. The van der Waals surface area contributed by atoms with Gasteiger partial charge in [-0.1, -0.05) is 6.08 Å². The fraction of sp³-hybridized carbons (Fsp3) is 0.417. The number of rotatable bonds is 2. The summed E-state index contributed by atoms with van der Waals surface area (Å²) >= 11 is 0. The summed E-state index contributed by atoms with van der Waals surface area (Å²) in [5, 5.41) is 13.7. The Hall–Kier alpha value is -3.31. The molecule has 0 aromatic carbocycles. The average Bonchev–Trinajstić information content (AvgIpc) is 3.50. The van der Waals surface area contributed by atoms with E-state index in [0.29, 0.717) is 24.8 Å². The van der Waals surface area contributed by atoms with Crippen molar-refractivity contribution in [2.75, 3.05) is 37.6 Å². The van der Waals surface area contributed by atoms with Crippen molar-refractivity contribution in [3.63, 3.8) is 0 Å². The van der Waals surface area contributed by atoms with Crippen LogP contribution in [0.5, 0.6) is 0 Å². The second kappa shape index (κ2) is 7.10. The molecule has 32 heavy (non-hydrogen) atoms. The largest absolute Gasteiger partial charge is 0.367 e. The first-order valence-electron chi connectivity index (χ1n) is 11.2. The standard InChI is InChI=1S/C24H26FN7/c1-15-10-30(22-5-3-18(9-26)32-23(22)6-7-28-32)14-24-19-4-2-17(8-16(19)11-31(15)24)29-12-20(25)21(27)13-29/h2-3,5-8,15,20-21H,4,10-14,27H2,1H3/t15-,20+,21-/m1/s1. The van der Waals surface area contributed by atoms with Gasteiger partial charge in [-0.2, -0.15) is 10.4 Å². The van der Waals surface area contributed by atoms with Crippen LogP contribution in [0.25, 0.3) is 5.52 Å². The molecule has 0 bridgehead atoms. The lowest BCUT2D eigenvalue weighted by atomic mass is 9.96. The Morgan fingerprint density at radius 1 is 1.16 bits per heavy atom. The first kappa shape index (κ1) is 19.4. The molecule has 3 aliphatic heterocycles. The first-order valence-corrected chi connectivity index (χ1v) is 11.2. The highest BCUT2D eigenvalue weighted by atomic mass is 19.1. The molecular formula is C24H26FN7. The van der Waals surface area contributed by atoms with E-state index in [0.717, 1.165) is 43.0 Å². The lowest BCUT2D eigenvalue weighted by Crippen LogP contribution is -2.49. The molecule has 164 valence electrons. The van der Waals surface area contributed by atoms with E-state index in [9.17, 15) is 9.65 Å². The Morgan fingerprint density at radius 2 is 2.03 bits per heavy atom. The number of fused-ring (bicyclic) bond motifs is 3. The fourth-order valence-electron chi connectivity index (χ4n) is 5.59. The minimum Gasteiger partial charge on any atom is -0.367 e. The number of nitrogens with zero attached hydrogens (tertiary/aromatic N) is 6. The molecule has 0 saturated carbocycles. The van der Waals surface area contributed by atoms with Crippen LogP contribution in [0.3, 0.4) is 0 Å². The van der Waals surface area contributed by atoms with Crippen LogP contribution in [-0.2, 0) is 0 Å². The Kier molecular flexibility index (Phi) is 4.30. The monoisotopic (exact) mass is 431 g/mol. The van der Waals surface area contributed by atoms with Crippen LogP contribution in [0.2, 0.25) is 0 Å². The van der Waals surface area contributed by atoms with E-state index in [1.54, 1.807) is 10.7 Å². The van der Waals surface area contributed by atoms with Crippen molar-refractivity contribution in [3.05, 3.63) is 64.8 Å². The molecule has 0 radical (unpaired) electrons. The van der Waals surface area contributed by atoms with Gasteiger partial charge in [-0.15, -0.1) is 0 Å². The van der Waals surface area contributed by atoms with Crippen molar-refractivity contribution in [2.45, 2.75) is 31.6 Å². The number of anilines is 1. The van der Waals surface area contributed by atoms with E-state index in [4.69, 9.17) is 5.73 Å². The number of aromatic nitrogens is 2. The maximum absolute atomic E-state index is 14.0. The van der Waals surface area contributed by atoms with Crippen LogP contribution in [0.15, 0.2) is 59.1 Å². The molecule has 2 aromatic heterocycles. The zero-order valence-electron chi connectivity index (χ0n) is 18.1. The van der Waals surface area contributed by atoms with Crippen molar-refractivity contribution < 1.29 is 4.39 Å². The molecule has 4 aliphatic rings. The van der Waals surface area contributed by atoms with E-state index < -0.39 is 12.2 Å². The molecule has 6 rings (SSSR count). The molecule has 8 heteroatoms. The summed E-state index contributed by atoms with van der Waals surface area (Å²) in [6.07, 6.45) is 6.12. The molecule has 1 aliphatic carbocycles. The minimum atomic E-state index is -0.953. The second-order valence-electron chi connectivity index (χ2n) is 9.21. The Balaban J connectivity index is 1.31. The summed E-state index contributed by atoms with van der Waals surface area (Å²) in [7, 11) is 0. The van der Waals surface area contributed by atoms with Gasteiger partial charge in [0, 0.05) is 37.1 Å². The van der Waals surface area contributed by atoms with E-state index in [1.165, 1.54) is 16.8 Å². The van der Waals surface area contributed by atoms with Crippen LogP contribution < -0.4 is 10.6 Å². The predicted octanol–water partition coefficient (Wildman–Crippen LogP) is 2.18. The van der Waals surface area contributed by atoms with E-state index in [2.05, 4.69) is 44.9 Å². The summed E-state index contributed by atoms with van der Waals surface area (Å²) < 4.78 is 15.7. The number of alkyl halides is 1. The van der Waals surface area contributed by atoms with Crippen LogP contribution >= 0.6 is 0 Å². The number of nitrogens with two attached hydrogens (primary N) is 1. The second-order valence-corrected chi connectivity index (χ2v) is 9.21. The molecule has 2 N–H and O–H groups in total. The normalized spacial score (nSPS) is 27.4. The van der Waals surface area contributed by atoms with Gasteiger partial charge in [0.2, 0.25) is 0 Å². The lowest BCUT2D eigenvalue weighted by molar-refractivity contribution is 0.274. The molecule has 0 spiro atoms. The first-order chi connectivity index (χ1) is 15.5. The minimum absolute atomic E-state index is 0.357. The van der Waals surface area contributed by atoms with Gasteiger partial charge in [-0.25, -0.2) is 8.91 Å². The van der Waals surface area contributed by atoms with Gasteiger partial charge in [0.15, 0.2) is 0 Å². The number of allylic oxidation sites excluding steroid dienone is 2. The number of pyridine rings is 1. The summed E-state index contributed by atoms with van der Waals surface area (Å²) in [5.41, 5.74) is 13.7. The van der Waals surface area contributed by atoms with Gasteiger partial charge >= 0.3 is 0 Å². The van der Waals surface area contributed by atoms with Gasteiger partial charge < -0.3 is 20.4 Å². The van der Waals surface area contributed by atoms with E-state index in [1.807, 2.05) is 18.2 Å². The van der Waals surface area contributed by atoms with E-state index in [-0.39, 0.29) is 0 Å². The van der Waals surface area contributed by atoms with Gasteiger partial charge in [-0.3, -0.25) is 0 Å². The van der Waals surface area contributed by atoms with Crippen LogP contribution in [-0.4, -0.2) is 70.4 Å². The summed E-state index contributed by atoms with van der Waals surface area (Å²) in [4.78, 5) is 7.00. The molecule has 2 saturated heterocycles. The Bertz CT molecular complexity index is 1220. The zero-order chi connectivity index (χ0) is 22.0. The highest BCUT2D eigenvalue weighted by Gasteiger charge is 2.38. The molecule has 2 fully saturated rings. The number of halogens is 1. The number of likely N-dealkylation sites (tertiary alicyclic amines) is 1. The molecule has 2 aromatic rings. The molecular weight excluding hydrogens is 405 g/mol. The number of hydrogen-bond acceptors (Lipinski definition) is 6. The summed E-state index contributed by atoms with van der Waals surface area (Å²) in [6, 6.07) is 8.03. The third-order valence-electron chi connectivity index (χ3n) is 7.26. The lowest BCUT2D eigenvalue weighted by Gasteiger charge is -2.42.